The van der Waals surface area contributed by atoms with Crippen molar-refractivity contribution in [2.75, 3.05) is 18.9 Å². The van der Waals surface area contributed by atoms with E-state index in [2.05, 4.69) is 0 Å². The molecule has 5 rings (SSSR count). The Balaban J connectivity index is 1.62. The Hall–Kier alpha value is -2.24. The number of carbonyl (C=O) groups is 1. The molecular formula is C24H24ClF2NO6S2. The fourth-order valence-corrected chi connectivity index (χ4v) is 9.48. The minimum atomic E-state index is -4.42. The Morgan fingerprint density at radius 3 is 2.39 bits per heavy atom. The summed E-state index contributed by atoms with van der Waals surface area (Å²) in [7, 11) is -7.84. The van der Waals surface area contributed by atoms with Gasteiger partial charge in [-0.25, -0.2) is 25.6 Å². The molecule has 0 bridgehead atoms. The maximum absolute atomic E-state index is 15.4. The van der Waals surface area contributed by atoms with Crippen LogP contribution in [0.2, 0.25) is 5.02 Å². The number of piperidine rings is 1. The number of likely N-dealkylation sites (tertiary alicyclic amines) is 1. The molecule has 1 saturated carbocycles. The summed E-state index contributed by atoms with van der Waals surface area (Å²) in [5.41, 5.74) is -0.447. The molecule has 0 radical (unpaired) electrons. The molecule has 3 aliphatic rings. The molecule has 2 atom stereocenters. The average molecular weight is 560 g/mol. The van der Waals surface area contributed by atoms with Crippen LogP contribution in [0.4, 0.5) is 8.78 Å². The van der Waals surface area contributed by atoms with Gasteiger partial charge < -0.3 is 9.64 Å². The lowest BCUT2D eigenvalue weighted by Crippen LogP contribution is -2.64. The van der Waals surface area contributed by atoms with Gasteiger partial charge in [0, 0.05) is 18.0 Å². The SMILES string of the molecule is O=C(CCS(=O)(=O)C1CC1)N1CCC[C@]2(S(=O)(=O)c3ccc(Cl)cc3)c3c(F)ccc(F)c3OC[C@H]12. The monoisotopic (exact) mass is 559 g/mol. The molecule has 12 heteroatoms. The van der Waals surface area contributed by atoms with Crippen LogP contribution in [-0.2, 0) is 29.2 Å². The quantitative estimate of drug-likeness (QED) is 0.536. The third-order valence-electron chi connectivity index (χ3n) is 7.29. The number of fused-ring (bicyclic) bond motifs is 3. The van der Waals surface area contributed by atoms with Crippen molar-refractivity contribution in [2.24, 2.45) is 0 Å². The van der Waals surface area contributed by atoms with Crippen molar-refractivity contribution in [3.63, 3.8) is 0 Å². The molecule has 0 aromatic heterocycles. The predicted molar refractivity (Wildman–Crippen MR) is 128 cm³/mol. The maximum Gasteiger partial charge on any atom is 0.224 e. The normalized spacial score (nSPS) is 24.0. The molecule has 0 N–H and O–H groups in total. The van der Waals surface area contributed by atoms with Crippen LogP contribution in [0.25, 0.3) is 0 Å². The Kier molecular flexibility index (Phi) is 6.32. The zero-order chi connectivity index (χ0) is 25.9. The molecule has 2 aromatic rings. The van der Waals surface area contributed by atoms with Crippen molar-refractivity contribution in [2.45, 2.75) is 53.0 Å². The average Bonchev–Trinajstić information content (AvgIpc) is 3.70. The number of hydrogen-bond acceptors (Lipinski definition) is 6. The van der Waals surface area contributed by atoms with Crippen LogP contribution >= 0.6 is 11.6 Å². The van der Waals surface area contributed by atoms with Gasteiger partial charge in [0.15, 0.2) is 31.2 Å². The van der Waals surface area contributed by atoms with Gasteiger partial charge in [-0.2, -0.15) is 0 Å². The fraction of sp³-hybridized carbons (Fsp3) is 0.458. The number of nitrogens with zero attached hydrogens (tertiary/aromatic N) is 1. The van der Waals surface area contributed by atoms with Crippen LogP contribution in [-0.4, -0.2) is 57.8 Å². The zero-order valence-corrected chi connectivity index (χ0v) is 21.5. The number of carbonyl (C=O) groups excluding carboxylic acids is 1. The maximum atomic E-state index is 15.4. The number of hydrogen-bond donors (Lipinski definition) is 0. The van der Waals surface area contributed by atoms with Crippen molar-refractivity contribution in [1.29, 1.82) is 0 Å². The van der Waals surface area contributed by atoms with Crippen molar-refractivity contribution in [3.8, 4) is 5.75 Å². The molecule has 1 aliphatic carbocycles. The lowest BCUT2D eigenvalue weighted by Gasteiger charge is -2.51. The van der Waals surface area contributed by atoms with E-state index in [-0.39, 0.29) is 43.1 Å². The zero-order valence-electron chi connectivity index (χ0n) is 19.1. The van der Waals surface area contributed by atoms with Crippen LogP contribution in [0.1, 0.15) is 37.7 Å². The van der Waals surface area contributed by atoms with E-state index in [9.17, 15) is 26.0 Å². The number of halogens is 3. The summed E-state index contributed by atoms with van der Waals surface area (Å²) in [5, 5.41) is -0.136. The molecule has 2 heterocycles. The van der Waals surface area contributed by atoms with E-state index < -0.39 is 64.6 Å². The first kappa shape index (κ1) is 25.4. The summed E-state index contributed by atoms with van der Waals surface area (Å²) in [4.78, 5) is 14.4. The Morgan fingerprint density at radius 1 is 1.06 bits per heavy atom. The van der Waals surface area contributed by atoms with Crippen molar-refractivity contribution < 1.29 is 35.1 Å². The van der Waals surface area contributed by atoms with Crippen LogP contribution in [0.3, 0.4) is 0 Å². The first-order chi connectivity index (χ1) is 17.0. The van der Waals surface area contributed by atoms with Gasteiger partial charge >= 0.3 is 0 Å². The van der Waals surface area contributed by atoms with Crippen LogP contribution < -0.4 is 4.74 Å². The molecule has 7 nitrogen and oxygen atoms in total. The van der Waals surface area contributed by atoms with Crippen LogP contribution in [0.15, 0.2) is 41.3 Å². The van der Waals surface area contributed by atoms with Gasteiger partial charge in [0.05, 0.1) is 27.5 Å². The highest BCUT2D eigenvalue weighted by Gasteiger charge is 2.61. The first-order valence-electron chi connectivity index (χ1n) is 11.6. The second kappa shape index (κ2) is 8.95. The van der Waals surface area contributed by atoms with E-state index in [0.29, 0.717) is 17.9 Å². The molecule has 36 heavy (non-hydrogen) atoms. The second-order valence-electron chi connectivity index (χ2n) is 9.41. The highest BCUT2D eigenvalue weighted by atomic mass is 35.5. The molecule has 2 fully saturated rings. The highest BCUT2D eigenvalue weighted by Crippen LogP contribution is 2.53. The lowest BCUT2D eigenvalue weighted by atomic mass is 9.80. The highest BCUT2D eigenvalue weighted by molar-refractivity contribution is 7.92. The minimum absolute atomic E-state index is 0.0798. The summed E-state index contributed by atoms with van der Waals surface area (Å²) >= 11 is 5.95. The molecular weight excluding hydrogens is 536 g/mol. The third-order valence-corrected chi connectivity index (χ3v) is 12.3. The summed E-state index contributed by atoms with van der Waals surface area (Å²) in [6.45, 7) is -0.248. The Morgan fingerprint density at radius 2 is 1.72 bits per heavy atom. The second-order valence-corrected chi connectivity index (χ2v) is 14.5. The smallest absolute Gasteiger partial charge is 0.224 e. The summed E-state index contributed by atoms with van der Waals surface area (Å²) in [6, 6.07) is 5.88. The number of rotatable bonds is 6. The predicted octanol–water partition coefficient (Wildman–Crippen LogP) is 3.64. The first-order valence-corrected chi connectivity index (χ1v) is 15.2. The molecule has 0 spiro atoms. The standard InChI is InChI=1S/C24H24ClF2NO6S2/c25-15-2-4-17(5-3-15)36(32,33)24-11-1-12-28(21(29)10-13-35(30,31)16-6-7-16)20(24)14-34-23-19(27)9-8-18(26)22(23)24/h2-5,8-9,16,20H,1,6-7,10-14H2/t20-,24+/m0/s1. The van der Waals surface area contributed by atoms with E-state index in [1.165, 1.54) is 29.2 Å². The molecule has 1 saturated heterocycles. The molecule has 194 valence electrons. The summed E-state index contributed by atoms with van der Waals surface area (Å²) in [6.07, 6.45) is 0.912. The number of benzene rings is 2. The number of amides is 1. The summed E-state index contributed by atoms with van der Waals surface area (Å²) in [5.74, 6) is -3.27. The van der Waals surface area contributed by atoms with Gasteiger partial charge in [0.2, 0.25) is 5.91 Å². The van der Waals surface area contributed by atoms with Gasteiger partial charge in [-0.05, 0) is 62.1 Å². The number of sulfone groups is 2. The van der Waals surface area contributed by atoms with E-state index >= 15 is 4.39 Å². The lowest BCUT2D eigenvalue weighted by molar-refractivity contribution is -0.137. The molecule has 2 aromatic carbocycles. The fourth-order valence-electron chi connectivity index (χ4n) is 5.37. The van der Waals surface area contributed by atoms with Crippen molar-refractivity contribution >= 4 is 37.2 Å². The van der Waals surface area contributed by atoms with Crippen LogP contribution in [0, 0.1) is 11.6 Å². The van der Waals surface area contributed by atoms with E-state index in [1.807, 2.05) is 0 Å². The molecule has 1 amide bonds. The minimum Gasteiger partial charge on any atom is -0.488 e. The van der Waals surface area contributed by atoms with Gasteiger partial charge in [0.25, 0.3) is 0 Å². The third kappa shape index (κ3) is 3.99. The Labute approximate surface area is 213 Å². The molecule has 2 aliphatic heterocycles. The van der Waals surface area contributed by atoms with Crippen molar-refractivity contribution in [1.82, 2.24) is 4.90 Å². The Bertz CT molecular complexity index is 1430. The van der Waals surface area contributed by atoms with Crippen molar-refractivity contribution in [3.05, 3.63) is 58.6 Å². The molecule has 0 unspecified atom stereocenters. The van der Waals surface area contributed by atoms with Crippen LogP contribution in [0.5, 0.6) is 5.75 Å². The van der Waals surface area contributed by atoms with Gasteiger partial charge in [-0.1, -0.05) is 11.6 Å². The van der Waals surface area contributed by atoms with Gasteiger partial charge in [-0.3, -0.25) is 4.79 Å². The van der Waals surface area contributed by atoms with E-state index in [4.69, 9.17) is 16.3 Å². The topological polar surface area (TPSA) is 97.8 Å². The van der Waals surface area contributed by atoms with Gasteiger partial charge in [-0.15, -0.1) is 0 Å². The largest absolute Gasteiger partial charge is 0.488 e. The van der Waals surface area contributed by atoms with E-state index in [1.54, 1.807) is 0 Å². The summed E-state index contributed by atoms with van der Waals surface area (Å²) < 4.78 is 86.8. The van der Waals surface area contributed by atoms with Gasteiger partial charge in [0.1, 0.15) is 17.2 Å². The van der Waals surface area contributed by atoms with E-state index in [0.717, 1.165) is 12.1 Å². The number of ether oxygens (including phenoxy) is 1.